The van der Waals surface area contributed by atoms with E-state index < -0.39 is 21.3 Å². The largest absolute Gasteiger partial charge is 0.352 e. The van der Waals surface area contributed by atoms with Gasteiger partial charge in [-0.05, 0) is 31.5 Å². The summed E-state index contributed by atoms with van der Waals surface area (Å²) in [6.07, 6.45) is 6.79. The lowest BCUT2D eigenvalue weighted by atomic mass is 9.64. The van der Waals surface area contributed by atoms with Gasteiger partial charge in [0.25, 0.3) is 0 Å². The number of rotatable bonds is 6. The average molecular weight is 525 g/mol. The van der Waals surface area contributed by atoms with E-state index in [-0.39, 0.29) is 11.5 Å². The second kappa shape index (κ2) is 8.35. The first-order valence-electron chi connectivity index (χ1n) is 12.5. The van der Waals surface area contributed by atoms with E-state index in [9.17, 15) is 13.2 Å². The van der Waals surface area contributed by atoms with Crippen LogP contribution in [0, 0.1) is 5.82 Å². The number of nitrogens with zero attached hydrogens (tertiary/aromatic N) is 4. The zero-order valence-corrected chi connectivity index (χ0v) is 21.8. The number of pyridine rings is 2. The number of fused-ring (bicyclic) bond motifs is 4. The molecule has 0 radical (unpaired) electrons. The molecule has 6 rings (SSSR count). The number of aromatic nitrogens is 2. The summed E-state index contributed by atoms with van der Waals surface area (Å²) in [5.41, 5.74) is 2.61. The molecule has 3 aromatic rings. The van der Waals surface area contributed by atoms with Crippen LogP contribution in [0.5, 0.6) is 0 Å². The lowest BCUT2D eigenvalue weighted by molar-refractivity contribution is -0.125. The summed E-state index contributed by atoms with van der Waals surface area (Å²) < 4.78 is 42.3. The predicted octanol–water partition coefficient (Wildman–Crippen LogP) is 3.00. The summed E-state index contributed by atoms with van der Waals surface area (Å²) in [4.78, 5) is 25.8. The average Bonchev–Trinajstić information content (AvgIpc) is 3.02. The number of amides is 1. The Kier molecular flexibility index (Phi) is 5.43. The molecule has 1 amide bonds. The molecule has 37 heavy (non-hydrogen) atoms. The van der Waals surface area contributed by atoms with E-state index in [1.807, 2.05) is 11.8 Å². The molecule has 1 spiro atoms. The minimum atomic E-state index is -3.60. The maximum absolute atomic E-state index is 15.4. The van der Waals surface area contributed by atoms with Crippen molar-refractivity contribution < 1.29 is 17.6 Å². The molecule has 1 saturated heterocycles. The van der Waals surface area contributed by atoms with E-state index in [1.165, 1.54) is 6.07 Å². The number of hydrogen-bond acceptors (Lipinski definition) is 7. The summed E-state index contributed by atoms with van der Waals surface area (Å²) in [5, 5.41) is 4.10. The summed E-state index contributed by atoms with van der Waals surface area (Å²) >= 11 is 0. The Morgan fingerprint density at radius 3 is 2.57 bits per heavy atom. The molecule has 0 bridgehead atoms. The molecule has 1 saturated carbocycles. The van der Waals surface area contributed by atoms with Crippen molar-refractivity contribution >= 4 is 44.0 Å². The Bertz CT molecular complexity index is 1550. The van der Waals surface area contributed by atoms with Crippen LogP contribution in [0.4, 0.5) is 21.6 Å². The number of carbonyl (C=O) groups excluding carboxylic acids is 1. The van der Waals surface area contributed by atoms with Gasteiger partial charge in [-0.25, -0.2) is 17.8 Å². The van der Waals surface area contributed by atoms with Gasteiger partial charge >= 0.3 is 0 Å². The number of benzene rings is 1. The third-order valence-corrected chi connectivity index (χ3v) is 8.44. The van der Waals surface area contributed by atoms with Gasteiger partial charge in [0.05, 0.1) is 34.8 Å². The van der Waals surface area contributed by atoms with Crippen LogP contribution in [0.15, 0.2) is 30.6 Å². The maximum atomic E-state index is 15.4. The Hall–Kier alpha value is -3.31. The quantitative estimate of drug-likeness (QED) is 0.511. The van der Waals surface area contributed by atoms with E-state index in [0.717, 1.165) is 48.7 Å². The third-order valence-electron chi connectivity index (χ3n) is 7.84. The van der Waals surface area contributed by atoms with E-state index in [1.54, 1.807) is 36.5 Å². The third kappa shape index (κ3) is 3.74. The molecular formula is C26H29FN6O3S. The van der Waals surface area contributed by atoms with Gasteiger partial charge in [0, 0.05) is 60.5 Å². The first-order chi connectivity index (χ1) is 17.6. The lowest BCUT2D eigenvalue weighted by Crippen LogP contribution is -2.58. The highest BCUT2D eigenvalue weighted by atomic mass is 32.2. The van der Waals surface area contributed by atoms with Gasteiger partial charge in [-0.3, -0.25) is 14.5 Å². The van der Waals surface area contributed by atoms with E-state index in [0.29, 0.717) is 41.7 Å². The number of hydrogen-bond donors (Lipinski definition) is 2. The Morgan fingerprint density at radius 2 is 1.92 bits per heavy atom. The van der Waals surface area contributed by atoms with E-state index in [4.69, 9.17) is 0 Å². The van der Waals surface area contributed by atoms with Crippen LogP contribution in [-0.2, 0) is 20.2 Å². The van der Waals surface area contributed by atoms with E-state index >= 15 is 4.39 Å². The van der Waals surface area contributed by atoms with Crippen LogP contribution in [-0.4, -0.2) is 63.3 Å². The molecule has 1 aromatic carbocycles. The number of nitrogens with one attached hydrogen (secondary N) is 2. The van der Waals surface area contributed by atoms with Gasteiger partial charge in [0.15, 0.2) is 5.82 Å². The lowest BCUT2D eigenvalue weighted by Gasteiger charge is -2.41. The first-order valence-corrected chi connectivity index (χ1v) is 14.4. The summed E-state index contributed by atoms with van der Waals surface area (Å²) in [7, 11) is -1.84. The smallest absolute Gasteiger partial charge is 0.237 e. The van der Waals surface area contributed by atoms with Crippen LogP contribution in [0.25, 0.3) is 22.0 Å². The number of halogens is 1. The molecule has 3 aliphatic rings. The van der Waals surface area contributed by atoms with Crippen LogP contribution < -0.4 is 19.8 Å². The zero-order valence-electron chi connectivity index (χ0n) is 21.0. The van der Waals surface area contributed by atoms with Crippen molar-refractivity contribution in [3.8, 4) is 11.1 Å². The number of sulfonamides is 1. The minimum absolute atomic E-state index is 0.0602. The highest BCUT2D eigenvalue weighted by molar-refractivity contribution is 7.92. The molecule has 2 aromatic heterocycles. The van der Waals surface area contributed by atoms with Crippen LogP contribution in [0.1, 0.15) is 31.7 Å². The topological polar surface area (TPSA) is 108 Å². The van der Waals surface area contributed by atoms with Gasteiger partial charge < -0.3 is 15.1 Å². The number of anilines is 3. The Morgan fingerprint density at radius 1 is 1.16 bits per heavy atom. The van der Waals surface area contributed by atoms with Crippen molar-refractivity contribution in [3.05, 3.63) is 42.0 Å². The fourth-order valence-electron chi connectivity index (χ4n) is 5.91. The highest BCUT2D eigenvalue weighted by Gasteiger charge is 2.54. The second-order valence-electron chi connectivity index (χ2n) is 10.3. The van der Waals surface area contributed by atoms with Crippen LogP contribution in [0.3, 0.4) is 0 Å². The fourth-order valence-corrected chi connectivity index (χ4v) is 6.46. The second-order valence-corrected chi connectivity index (χ2v) is 12.0. The van der Waals surface area contributed by atoms with Gasteiger partial charge in [-0.1, -0.05) is 13.3 Å². The molecule has 11 heteroatoms. The van der Waals surface area contributed by atoms with E-state index in [2.05, 4.69) is 20.0 Å². The molecule has 9 nitrogen and oxygen atoms in total. The molecule has 4 heterocycles. The highest BCUT2D eigenvalue weighted by Crippen LogP contribution is 2.55. The summed E-state index contributed by atoms with van der Waals surface area (Å²) in [5.74, 6) is 0.0778. The van der Waals surface area contributed by atoms with Gasteiger partial charge in [0.2, 0.25) is 15.9 Å². The molecule has 2 N–H and O–H groups in total. The van der Waals surface area contributed by atoms with Crippen molar-refractivity contribution in [2.24, 2.45) is 0 Å². The molecule has 194 valence electrons. The Balaban J connectivity index is 1.47. The number of likely N-dealkylation sites (N-methyl/N-ethyl adjacent to an activating group) is 2. The van der Waals surface area contributed by atoms with Crippen molar-refractivity contribution in [2.75, 3.05) is 47.5 Å². The van der Waals surface area contributed by atoms with Crippen molar-refractivity contribution in [3.63, 3.8) is 0 Å². The van der Waals surface area contributed by atoms with Gasteiger partial charge in [-0.2, -0.15) is 0 Å². The molecule has 2 aliphatic heterocycles. The molecule has 0 unspecified atom stereocenters. The summed E-state index contributed by atoms with van der Waals surface area (Å²) in [6.45, 7) is 4.28. The zero-order chi connectivity index (χ0) is 26.1. The molecular weight excluding hydrogens is 495 g/mol. The maximum Gasteiger partial charge on any atom is 0.237 e. The number of carbonyl (C=O) groups is 1. The summed E-state index contributed by atoms with van der Waals surface area (Å²) in [6, 6.07) is 5.05. The Labute approximate surface area is 215 Å². The molecule has 2 fully saturated rings. The molecule has 0 atom stereocenters. The van der Waals surface area contributed by atoms with Crippen molar-refractivity contribution in [1.82, 2.24) is 15.3 Å². The van der Waals surface area contributed by atoms with Crippen molar-refractivity contribution in [1.29, 1.82) is 0 Å². The van der Waals surface area contributed by atoms with Gasteiger partial charge in [0.1, 0.15) is 5.82 Å². The normalized spacial score (nSPS) is 18.8. The molecule has 1 aliphatic carbocycles. The monoisotopic (exact) mass is 524 g/mol. The fraction of sp³-hybridized carbons (Fsp3) is 0.423. The SMILES string of the molecule is CCNC1CN(c2ncc(-c3cc4c5c(cnc4cc3F)N(C)C(=O)C53CCC3)cc2NS(C)(=O)=O)C1. The van der Waals surface area contributed by atoms with Crippen LogP contribution in [0.2, 0.25) is 0 Å². The predicted molar refractivity (Wildman–Crippen MR) is 142 cm³/mol. The van der Waals surface area contributed by atoms with Crippen LogP contribution >= 0.6 is 0 Å². The first kappa shape index (κ1) is 24.1. The minimum Gasteiger partial charge on any atom is -0.352 e. The van der Waals surface area contributed by atoms with Crippen molar-refractivity contribution in [2.45, 2.75) is 37.6 Å². The van der Waals surface area contributed by atoms with Gasteiger partial charge in [-0.15, -0.1) is 0 Å². The standard InChI is InChI=1S/C26H29FN6O3S/c1-4-28-16-13-33(14-16)24-21(31-37(3,35)36)8-15(11-30-24)17-9-18-20(10-19(17)27)29-12-22-23(18)26(6-5-7-26)25(34)32(22)2/h8-12,16,28,31H,4-7,13-14H2,1-3H3.